The first-order valence-corrected chi connectivity index (χ1v) is 11.2. The zero-order valence-corrected chi connectivity index (χ0v) is 15.7. The van der Waals surface area contributed by atoms with Crippen molar-refractivity contribution in [1.82, 2.24) is 9.21 Å². The van der Waals surface area contributed by atoms with Gasteiger partial charge in [0.1, 0.15) is 4.21 Å². The maximum absolute atomic E-state index is 12.8. The number of nitrogens with zero attached hydrogens (tertiary/aromatic N) is 2. The van der Waals surface area contributed by atoms with Crippen LogP contribution in [0.25, 0.3) is 0 Å². The van der Waals surface area contributed by atoms with Gasteiger partial charge >= 0.3 is 0 Å². The molecule has 0 atom stereocenters. The fourth-order valence-electron chi connectivity index (χ4n) is 3.72. The minimum Gasteiger partial charge on any atom is -0.300 e. The Morgan fingerprint density at radius 3 is 2.26 bits per heavy atom. The summed E-state index contributed by atoms with van der Waals surface area (Å²) in [6.45, 7) is 5.80. The average Bonchev–Trinajstić information content (AvgIpc) is 2.91. The first-order chi connectivity index (χ1) is 11.1. The van der Waals surface area contributed by atoms with Crippen molar-refractivity contribution >= 4 is 21.4 Å². The summed E-state index contributed by atoms with van der Waals surface area (Å²) < 4.78 is 27.8. The molecule has 3 heterocycles. The van der Waals surface area contributed by atoms with E-state index in [-0.39, 0.29) is 0 Å². The van der Waals surface area contributed by atoms with Gasteiger partial charge in [-0.3, -0.25) is 0 Å². The second kappa shape index (κ2) is 7.64. The third-order valence-corrected chi connectivity index (χ3v) is 8.76. The maximum atomic E-state index is 12.8. The Morgan fingerprint density at radius 2 is 1.70 bits per heavy atom. The molecular formula is C17H28N2O2S2. The van der Waals surface area contributed by atoms with E-state index >= 15 is 0 Å². The lowest BCUT2D eigenvalue weighted by molar-refractivity contribution is 0.144. The van der Waals surface area contributed by atoms with Gasteiger partial charge < -0.3 is 4.90 Å². The van der Waals surface area contributed by atoms with E-state index in [2.05, 4.69) is 11.8 Å². The molecule has 0 aliphatic carbocycles. The Bertz CT molecular complexity index is 596. The molecule has 0 unspecified atom stereocenters. The first-order valence-electron chi connectivity index (χ1n) is 8.94. The van der Waals surface area contributed by atoms with E-state index in [4.69, 9.17) is 0 Å². The highest BCUT2D eigenvalue weighted by Crippen LogP contribution is 2.28. The molecule has 0 saturated carbocycles. The highest BCUT2D eigenvalue weighted by molar-refractivity contribution is 7.91. The zero-order chi connectivity index (χ0) is 16.3. The molecule has 1 aromatic rings. The lowest BCUT2D eigenvalue weighted by Gasteiger charge is -2.37. The van der Waals surface area contributed by atoms with Gasteiger partial charge in [0, 0.05) is 24.0 Å². The monoisotopic (exact) mass is 356 g/mol. The molecule has 4 nitrogen and oxygen atoms in total. The number of likely N-dealkylation sites (tertiary alicyclic amines) is 1. The van der Waals surface area contributed by atoms with Crippen molar-refractivity contribution in [3.63, 3.8) is 0 Å². The Morgan fingerprint density at radius 1 is 1.04 bits per heavy atom. The minimum atomic E-state index is -3.28. The molecule has 0 amide bonds. The molecule has 0 N–H and O–H groups in total. The fourth-order valence-corrected chi connectivity index (χ4v) is 6.64. The van der Waals surface area contributed by atoms with Crippen molar-refractivity contribution in [3.05, 3.63) is 17.0 Å². The molecule has 130 valence electrons. The van der Waals surface area contributed by atoms with Gasteiger partial charge in [0.25, 0.3) is 10.0 Å². The second-order valence-corrected chi connectivity index (χ2v) is 9.99. The third kappa shape index (κ3) is 3.98. The van der Waals surface area contributed by atoms with Crippen LogP contribution in [0.3, 0.4) is 0 Å². The number of rotatable bonds is 4. The van der Waals surface area contributed by atoms with E-state index in [1.807, 2.05) is 6.07 Å². The van der Waals surface area contributed by atoms with Crippen LogP contribution in [0.5, 0.6) is 0 Å². The van der Waals surface area contributed by atoms with Crippen LogP contribution in [-0.2, 0) is 16.4 Å². The predicted octanol–water partition coefficient (Wildman–Crippen LogP) is 3.34. The van der Waals surface area contributed by atoms with Crippen molar-refractivity contribution in [2.45, 2.75) is 62.1 Å². The molecule has 0 bridgehead atoms. The molecule has 0 aromatic carbocycles. The van der Waals surface area contributed by atoms with Gasteiger partial charge in [-0.05, 0) is 57.3 Å². The molecule has 3 rings (SSSR count). The molecule has 2 aliphatic heterocycles. The highest BCUT2D eigenvalue weighted by Gasteiger charge is 2.32. The van der Waals surface area contributed by atoms with Gasteiger partial charge in [-0.25, -0.2) is 8.42 Å². The first kappa shape index (κ1) is 17.4. The quantitative estimate of drug-likeness (QED) is 0.831. The van der Waals surface area contributed by atoms with Crippen LogP contribution in [0, 0.1) is 0 Å². The summed E-state index contributed by atoms with van der Waals surface area (Å²) in [5.74, 6) is 0. The molecule has 2 fully saturated rings. The average molecular weight is 357 g/mol. The van der Waals surface area contributed by atoms with Gasteiger partial charge in [-0.1, -0.05) is 19.8 Å². The Hall–Kier alpha value is -0.430. The van der Waals surface area contributed by atoms with Crippen molar-refractivity contribution < 1.29 is 8.42 Å². The minimum absolute atomic E-state index is 0.516. The normalized spacial score (nSPS) is 23.0. The summed E-state index contributed by atoms with van der Waals surface area (Å²) in [7, 11) is -3.28. The summed E-state index contributed by atoms with van der Waals surface area (Å²) >= 11 is 1.43. The summed E-state index contributed by atoms with van der Waals surface area (Å²) in [6.07, 6.45) is 8.15. The van der Waals surface area contributed by atoms with Crippen LogP contribution < -0.4 is 0 Å². The Balaban J connectivity index is 1.61. The topological polar surface area (TPSA) is 40.6 Å². The van der Waals surface area contributed by atoms with Gasteiger partial charge in [-0.15, -0.1) is 11.3 Å². The largest absolute Gasteiger partial charge is 0.300 e. The Labute approximate surface area is 144 Å². The standard InChI is InChI=1S/C17H28N2O2S2/c1-2-16-7-8-17(22-16)23(20,21)19-13-9-15(10-14-19)18-11-5-3-4-6-12-18/h7-8,15H,2-6,9-14H2,1H3. The van der Waals surface area contributed by atoms with Crippen LogP contribution in [0.2, 0.25) is 0 Å². The lowest BCUT2D eigenvalue weighted by atomic mass is 10.0. The number of hydrogen-bond acceptors (Lipinski definition) is 4. The van der Waals surface area contributed by atoms with Crippen LogP contribution in [0.15, 0.2) is 16.3 Å². The number of piperidine rings is 1. The summed E-state index contributed by atoms with van der Waals surface area (Å²) in [6, 6.07) is 4.30. The van der Waals surface area contributed by atoms with Crippen molar-refractivity contribution in [2.75, 3.05) is 26.2 Å². The number of sulfonamides is 1. The summed E-state index contributed by atoms with van der Waals surface area (Å²) in [4.78, 5) is 3.75. The molecule has 0 radical (unpaired) electrons. The van der Waals surface area contributed by atoms with Gasteiger partial charge in [-0.2, -0.15) is 4.31 Å². The molecule has 2 aliphatic rings. The van der Waals surface area contributed by atoms with E-state index in [0.29, 0.717) is 23.3 Å². The van der Waals surface area contributed by atoms with Crippen LogP contribution in [-0.4, -0.2) is 49.8 Å². The number of thiophene rings is 1. The predicted molar refractivity (Wildman–Crippen MR) is 95.5 cm³/mol. The van der Waals surface area contributed by atoms with E-state index in [9.17, 15) is 8.42 Å². The highest BCUT2D eigenvalue weighted by atomic mass is 32.2. The summed E-state index contributed by atoms with van der Waals surface area (Å²) in [5.41, 5.74) is 0. The molecule has 23 heavy (non-hydrogen) atoms. The van der Waals surface area contributed by atoms with E-state index in [1.165, 1.54) is 50.1 Å². The fraction of sp³-hybridized carbons (Fsp3) is 0.765. The number of aryl methyl sites for hydroxylation is 1. The van der Waals surface area contributed by atoms with Crippen molar-refractivity contribution in [1.29, 1.82) is 0 Å². The molecule has 2 saturated heterocycles. The zero-order valence-electron chi connectivity index (χ0n) is 14.0. The Kier molecular flexibility index (Phi) is 5.78. The lowest BCUT2D eigenvalue weighted by Crippen LogP contribution is -2.46. The van der Waals surface area contributed by atoms with E-state index in [0.717, 1.165) is 24.1 Å². The van der Waals surface area contributed by atoms with Crippen LogP contribution in [0.4, 0.5) is 0 Å². The second-order valence-electron chi connectivity index (χ2n) is 6.66. The van der Waals surface area contributed by atoms with E-state index in [1.54, 1.807) is 10.4 Å². The van der Waals surface area contributed by atoms with Gasteiger partial charge in [0.05, 0.1) is 0 Å². The third-order valence-electron chi connectivity index (χ3n) is 5.16. The van der Waals surface area contributed by atoms with Crippen LogP contribution >= 0.6 is 11.3 Å². The van der Waals surface area contributed by atoms with Gasteiger partial charge in [0.15, 0.2) is 0 Å². The van der Waals surface area contributed by atoms with Gasteiger partial charge in [0.2, 0.25) is 0 Å². The van der Waals surface area contributed by atoms with Crippen molar-refractivity contribution in [3.8, 4) is 0 Å². The maximum Gasteiger partial charge on any atom is 0.252 e. The summed E-state index contributed by atoms with van der Waals surface area (Å²) in [5, 5.41) is 0. The molecule has 1 aromatic heterocycles. The smallest absolute Gasteiger partial charge is 0.252 e. The van der Waals surface area contributed by atoms with E-state index < -0.39 is 10.0 Å². The van der Waals surface area contributed by atoms with Crippen molar-refractivity contribution in [2.24, 2.45) is 0 Å². The molecule has 6 heteroatoms. The molecular weight excluding hydrogens is 328 g/mol. The number of hydrogen-bond donors (Lipinski definition) is 0. The SMILES string of the molecule is CCc1ccc(S(=O)(=O)N2CCC(N3CCCCCC3)CC2)s1. The van der Waals surface area contributed by atoms with Crippen LogP contribution in [0.1, 0.15) is 50.3 Å². The molecule has 0 spiro atoms.